The maximum atomic E-state index is 5.74. The number of hydrogen-bond acceptors (Lipinski definition) is 3. The average Bonchev–Trinajstić information content (AvgIpc) is 2.89. The minimum Gasteiger partial charge on any atom is -0.486 e. The largest absolute Gasteiger partial charge is 0.486 e. The lowest BCUT2D eigenvalue weighted by Crippen LogP contribution is -2.15. The molecule has 0 amide bonds. The van der Waals surface area contributed by atoms with Gasteiger partial charge in [0.15, 0.2) is 11.5 Å². The van der Waals surface area contributed by atoms with Gasteiger partial charge in [0, 0.05) is 0 Å². The molecule has 0 fully saturated rings. The molecule has 100 valence electrons. The van der Waals surface area contributed by atoms with E-state index in [1.807, 2.05) is 24.3 Å². The molecular formula is C16H14N2O2. The van der Waals surface area contributed by atoms with Crippen molar-refractivity contribution >= 4 is 11.0 Å². The van der Waals surface area contributed by atoms with Gasteiger partial charge in [0.2, 0.25) is 0 Å². The molecule has 4 heteroatoms. The summed E-state index contributed by atoms with van der Waals surface area (Å²) in [5, 5.41) is 0. The molecule has 0 radical (unpaired) electrons. The van der Waals surface area contributed by atoms with Gasteiger partial charge in [-0.3, -0.25) is 0 Å². The fourth-order valence-electron chi connectivity index (χ4n) is 2.51. The smallest absolute Gasteiger partial charge is 0.172 e. The van der Waals surface area contributed by atoms with Gasteiger partial charge >= 0.3 is 0 Å². The summed E-state index contributed by atoms with van der Waals surface area (Å²) in [5.41, 5.74) is 4.15. The van der Waals surface area contributed by atoms with Crippen LogP contribution < -0.4 is 9.47 Å². The van der Waals surface area contributed by atoms with Gasteiger partial charge in [-0.05, 0) is 36.8 Å². The molecule has 0 bridgehead atoms. The van der Waals surface area contributed by atoms with Crippen molar-refractivity contribution in [2.45, 2.75) is 6.92 Å². The van der Waals surface area contributed by atoms with Crippen LogP contribution in [0.5, 0.6) is 11.5 Å². The van der Waals surface area contributed by atoms with Crippen LogP contribution in [0.2, 0.25) is 0 Å². The Morgan fingerprint density at radius 2 is 2.00 bits per heavy atom. The number of rotatable bonds is 1. The van der Waals surface area contributed by atoms with Crippen molar-refractivity contribution < 1.29 is 9.47 Å². The van der Waals surface area contributed by atoms with E-state index in [9.17, 15) is 0 Å². The number of hydrogen-bond donors (Lipinski definition) is 1. The van der Waals surface area contributed by atoms with Crippen LogP contribution in [0, 0.1) is 6.92 Å². The molecule has 4 nitrogen and oxygen atoms in total. The predicted octanol–water partition coefficient (Wildman–Crippen LogP) is 3.31. The first kappa shape index (κ1) is 11.3. The van der Waals surface area contributed by atoms with E-state index >= 15 is 0 Å². The van der Waals surface area contributed by atoms with E-state index in [0.717, 1.165) is 33.9 Å². The Morgan fingerprint density at radius 1 is 1.10 bits per heavy atom. The molecule has 0 saturated carbocycles. The monoisotopic (exact) mass is 266 g/mol. The molecule has 0 saturated heterocycles. The summed E-state index contributed by atoms with van der Waals surface area (Å²) in [6.07, 6.45) is 0. The fraction of sp³-hybridized carbons (Fsp3) is 0.188. The molecule has 1 N–H and O–H groups in total. The summed E-state index contributed by atoms with van der Waals surface area (Å²) in [6, 6.07) is 12.1. The van der Waals surface area contributed by atoms with Gasteiger partial charge in [-0.15, -0.1) is 0 Å². The molecule has 2 aromatic carbocycles. The molecule has 0 spiro atoms. The van der Waals surface area contributed by atoms with E-state index in [4.69, 9.17) is 9.47 Å². The predicted molar refractivity (Wildman–Crippen MR) is 77.3 cm³/mol. The highest BCUT2D eigenvalue weighted by Gasteiger charge is 2.18. The van der Waals surface area contributed by atoms with E-state index in [0.29, 0.717) is 13.2 Å². The highest BCUT2D eigenvalue weighted by Crippen LogP contribution is 2.39. The number of aromatic nitrogens is 2. The van der Waals surface area contributed by atoms with Crippen LogP contribution in [-0.4, -0.2) is 23.2 Å². The van der Waals surface area contributed by atoms with Crippen LogP contribution in [0.15, 0.2) is 36.4 Å². The van der Waals surface area contributed by atoms with Gasteiger partial charge in [-0.1, -0.05) is 12.1 Å². The lowest BCUT2D eigenvalue weighted by atomic mass is 10.1. The number of imidazole rings is 1. The first-order valence-corrected chi connectivity index (χ1v) is 6.66. The van der Waals surface area contributed by atoms with Crippen LogP contribution in [-0.2, 0) is 0 Å². The molecule has 1 aliphatic rings. The molecular weight excluding hydrogens is 252 g/mol. The lowest BCUT2D eigenvalue weighted by molar-refractivity contribution is 0.172. The van der Waals surface area contributed by atoms with Crippen molar-refractivity contribution in [1.82, 2.24) is 9.97 Å². The second-order valence-electron chi connectivity index (χ2n) is 4.94. The van der Waals surface area contributed by atoms with Gasteiger partial charge in [0.1, 0.15) is 19.0 Å². The van der Waals surface area contributed by atoms with Gasteiger partial charge in [0.25, 0.3) is 0 Å². The third kappa shape index (κ3) is 1.72. The first-order valence-electron chi connectivity index (χ1n) is 6.66. The fourth-order valence-corrected chi connectivity index (χ4v) is 2.51. The standard InChI is InChI=1S/C16H14N2O2/c1-10-5-6-12-13(9-10)18-16(17-12)11-3-2-4-14-15(11)20-8-7-19-14/h2-6,9H,7-8H2,1H3,(H,17,18). The molecule has 0 aliphatic carbocycles. The Hall–Kier alpha value is -2.49. The topological polar surface area (TPSA) is 47.1 Å². The van der Waals surface area contributed by atoms with E-state index in [2.05, 4.69) is 29.0 Å². The summed E-state index contributed by atoms with van der Waals surface area (Å²) >= 11 is 0. The quantitative estimate of drug-likeness (QED) is 0.735. The number of nitrogens with zero attached hydrogens (tertiary/aromatic N) is 1. The highest BCUT2D eigenvalue weighted by atomic mass is 16.6. The average molecular weight is 266 g/mol. The Kier molecular flexibility index (Phi) is 2.42. The summed E-state index contributed by atoms with van der Waals surface area (Å²) in [6.45, 7) is 3.24. The molecule has 4 rings (SSSR count). The number of benzene rings is 2. The summed E-state index contributed by atoms with van der Waals surface area (Å²) in [4.78, 5) is 8.00. The molecule has 0 unspecified atom stereocenters. The van der Waals surface area contributed by atoms with Crippen molar-refractivity contribution in [2.75, 3.05) is 13.2 Å². The Balaban J connectivity index is 1.90. The maximum Gasteiger partial charge on any atom is 0.172 e. The van der Waals surface area contributed by atoms with Crippen molar-refractivity contribution in [3.63, 3.8) is 0 Å². The van der Waals surface area contributed by atoms with Crippen molar-refractivity contribution in [2.24, 2.45) is 0 Å². The van der Waals surface area contributed by atoms with Crippen molar-refractivity contribution in [1.29, 1.82) is 0 Å². The zero-order valence-corrected chi connectivity index (χ0v) is 11.1. The minimum atomic E-state index is 0.573. The van der Waals surface area contributed by atoms with Crippen LogP contribution in [0.4, 0.5) is 0 Å². The Morgan fingerprint density at radius 3 is 2.95 bits per heavy atom. The number of para-hydroxylation sites is 1. The first-order chi connectivity index (χ1) is 9.81. The van der Waals surface area contributed by atoms with E-state index in [1.165, 1.54) is 5.56 Å². The third-order valence-corrected chi connectivity index (χ3v) is 3.46. The number of nitrogens with one attached hydrogen (secondary N) is 1. The molecule has 2 heterocycles. The highest BCUT2D eigenvalue weighted by molar-refractivity contribution is 5.82. The van der Waals surface area contributed by atoms with Crippen molar-refractivity contribution in [3.05, 3.63) is 42.0 Å². The zero-order valence-electron chi connectivity index (χ0n) is 11.1. The maximum absolute atomic E-state index is 5.74. The normalized spacial score (nSPS) is 13.7. The third-order valence-electron chi connectivity index (χ3n) is 3.46. The second kappa shape index (κ2) is 4.27. The zero-order chi connectivity index (χ0) is 13.5. The van der Waals surface area contributed by atoms with Crippen LogP contribution in [0.3, 0.4) is 0 Å². The molecule has 3 aromatic rings. The summed E-state index contributed by atoms with van der Waals surface area (Å²) < 4.78 is 11.4. The lowest BCUT2D eigenvalue weighted by Gasteiger charge is -2.20. The van der Waals surface area contributed by atoms with Gasteiger partial charge < -0.3 is 14.5 Å². The van der Waals surface area contributed by atoms with Gasteiger partial charge in [-0.25, -0.2) is 4.98 Å². The summed E-state index contributed by atoms with van der Waals surface area (Å²) in [7, 11) is 0. The second-order valence-corrected chi connectivity index (χ2v) is 4.94. The van der Waals surface area contributed by atoms with E-state index < -0.39 is 0 Å². The van der Waals surface area contributed by atoms with E-state index in [-0.39, 0.29) is 0 Å². The molecule has 0 atom stereocenters. The van der Waals surface area contributed by atoms with Gasteiger partial charge in [0.05, 0.1) is 16.6 Å². The molecule has 1 aliphatic heterocycles. The van der Waals surface area contributed by atoms with Gasteiger partial charge in [-0.2, -0.15) is 0 Å². The Bertz CT molecular complexity index is 792. The van der Waals surface area contributed by atoms with E-state index in [1.54, 1.807) is 0 Å². The SMILES string of the molecule is Cc1ccc2nc(-c3cccc4c3OCCO4)[nH]c2c1. The van der Waals surface area contributed by atoms with Crippen LogP contribution >= 0.6 is 0 Å². The minimum absolute atomic E-state index is 0.573. The van der Waals surface area contributed by atoms with Crippen LogP contribution in [0.25, 0.3) is 22.4 Å². The number of aryl methyl sites for hydroxylation is 1. The number of aromatic amines is 1. The van der Waals surface area contributed by atoms with Crippen LogP contribution in [0.1, 0.15) is 5.56 Å². The number of ether oxygens (including phenoxy) is 2. The van der Waals surface area contributed by atoms with Crippen molar-refractivity contribution in [3.8, 4) is 22.9 Å². The summed E-state index contributed by atoms with van der Waals surface area (Å²) in [5.74, 6) is 2.37. The molecule has 20 heavy (non-hydrogen) atoms. The Labute approximate surface area is 116 Å². The molecule has 1 aromatic heterocycles. The number of fused-ring (bicyclic) bond motifs is 2. The number of H-pyrrole nitrogens is 1.